The molecule has 2 N–H and O–H groups in total. The summed E-state index contributed by atoms with van der Waals surface area (Å²) in [4.78, 5) is 2.47. The van der Waals surface area contributed by atoms with Gasteiger partial charge in [0.25, 0.3) is 0 Å². The standard InChI is InChI=1S/C19H31NO4/c1-15-6-7-20(8-10-23-12-13-24-11-9-21)19(16(15)2)17-4-3-5-18(22)14-17/h3-5,14-16,19,21-22H,6-13H2,1-2H3/t15-,16+,19?/m0/s1. The molecule has 0 radical (unpaired) electrons. The Balaban J connectivity index is 1.89. The molecule has 1 fully saturated rings. The summed E-state index contributed by atoms with van der Waals surface area (Å²) < 4.78 is 10.8. The minimum absolute atomic E-state index is 0.0510. The summed E-state index contributed by atoms with van der Waals surface area (Å²) in [5.74, 6) is 1.53. The number of hydrogen-bond donors (Lipinski definition) is 2. The van der Waals surface area contributed by atoms with Crippen molar-refractivity contribution < 1.29 is 19.7 Å². The van der Waals surface area contributed by atoms with Crippen LogP contribution in [0.5, 0.6) is 5.75 Å². The zero-order valence-electron chi connectivity index (χ0n) is 14.9. The molecule has 0 aromatic heterocycles. The molecule has 5 nitrogen and oxygen atoms in total. The van der Waals surface area contributed by atoms with Crippen LogP contribution in [0.3, 0.4) is 0 Å². The number of rotatable bonds is 9. The van der Waals surface area contributed by atoms with Gasteiger partial charge in [-0.05, 0) is 42.5 Å². The summed E-state index contributed by atoms with van der Waals surface area (Å²) in [5.41, 5.74) is 1.18. The number of aromatic hydroxyl groups is 1. The summed E-state index contributed by atoms with van der Waals surface area (Å²) in [6.45, 7) is 8.69. The van der Waals surface area contributed by atoms with Crippen molar-refractivity contribution in [1.82, 2.24) is 4.90 Å². The molecule has 0 spiro atoms. The van der Waals surface area contributed by atoms with Gasteiger partial charge in [-0.3, -0.25) is 4.90 Å². The zero-order valence-corrected chi connectivity index (χ0v) is 14.9. The van der Waals surface area contributed by atoms with Gasteiger partial charge in [-0.25, -0.2) is 0 Å². The first kappa shape index (κ1) is 19.2. The third-order valence-electron chi connectivity index (χ3n) is 5.00. The van der Waals surface area contributed by atoms with Gasteiger partial charge in [-0.1, -0.05) is 26.0 Å². The lowest BCUT2D eigenvalue weighted by Gasteiger charge is -2.43. The van der Waals surface area contributed by atoms with Crippen LogP contribution in [0.25, 0.3) is 0 Å². The fourth-order valence-electron chi connectivity index (χ4n) is 3.46. The van der Waals surface area contributed by atoms with Crippen LogP contribution in [0.4, 0.5) is 0 Å². The van der Waals surface area contributed by atoms with Gasteiger partial charge in [0.1, 0.15) is 5.75 Å². The number of benzene rings is 1. The fraction of sp³-hybridized carbons (Fsp3) is 0.684. The third-order valence-corrected chi connectivity index (χ3v) is 5.00. The molecular weight excluding hydrogens is 306 g/mol. The lowest BCUT2D eigenvalue weighted by Crippen LogP contribution is -2.43. The summed E-state index contributed by atoms with van der Waals surface area (Å²) in [7, 11) is 0. The van der Waals surface area contributed by atoms with Gasteiger partial charge in [0, 0.05) is 12.6 Å². The molecule has 1 aliphatic rings. The minimum atomic E-state index is 0.0510. The summed E-state index contributed by atoms with van der Waals surface area (Å²) >= 11 is 0. The lowest BCUT2D eigenvalue weighted by molar-refractivity contribution is 0.00541. The zero-order chi connectivity index (χ0) is 17.4. The Hall–Kier alpha value is -1.14. The van der Waals surface area contributed by atoms with Crippen LogP contribution in [-0.2, 0) is 9.47 Å². The van der Waals surface area contributed by atoms with Crippen molar-refractivity contribution in [1.29, 1.82) is 0 Å². The topological polar surface area (TPSA) is 62.2 Å². The molecule has 0 bridgehead atoms. The first-order valence-corrected chi connectivity index (χ1v) is 8.92. The SMILES string of the molecule is C[C@H]1CCN(CCOCCOCCO)C(c2cccc(O)c2)[C@@H]1C. The molecule has 24 heavy (non-hydrogen) atoms. The Labute approximate surface area is 145 Å². The van der Waals surface area contributed by atoms with E-state index in [1.165, 1.54) is 12.0 Å². The van der Waals surface area contributed by atoms with Crippen LogP contribution in [0, 0.1) is 11.8 Å². The molecule has 3 atom stereocenters. The quantitative estimate of drug-likeness (QED) is 0.678. The monoisotopic (exact) mass is 337 g/mol. The average molecular weight is 337 g/mol. The van der Waals surface area contributed by atoms with Crippen molar-refractivity contribution in [2.45, 2.75) is 26.3 Å². The number of piperidine rings is 1. The molecule has 1 saturated heterocycles. The van der Waals surface area contributed by atoms with E-state index in [1.54, 1.807) is 6.07 Å². The van der Waals surface area contributed by atoms with Crippen LogP contribution >= 0.6 is 0 Å². The van der Waals surface area contributed by atoms with Gasteiger partial charge in [0.15, 0.2) is 0 Å². The van der Waals surface area contributed by atoms with Crippen molar-refractivity contribution in [2.24, 2.45) is 11.8 Å². The van der Waals surface area contributed by atoms with E-state index in [1.807, 2.05) is 12.1 Å². The second kappa shape index (κ2) is 9.99. The Morgan fingerprint density at radius 1 is 1.12 bits per heavy atom. The number of phenols is 1. The fourth-order valence-corrected chi connectivity index (χ4v) is 3.46. The maximum atomic E-state index is 9.82. The average Bonchev–Trinajstić information content (AvgIpc) is 2.57. The Morgan fingerprint density at radius 3 is 2.58 bits per heavy atom. The molecule has 1 aromatic rings. The first-order chi connectivity index (χ1) is 11.6. The van der Waals surface area contributed by atoms with Gasteiger partial charge in [-0.2, -0.15) is 0 Å². The van der Waals surface area contributed by atoms with Crippen molar-refractivity contribution in [2.75, 3.05) is 46.1 Å². The largest absolute Gasteiger partial charge is 0.508 e. The smallest absolute Gasteiger partial charge is 0.115 e. The van der Waals surface area contributed by atoms with Crippen LogP contribution < -0.4 is 0 Å². The van der Waals surface area contributed by atoms with E-state index in [0.717, 1.165) is 13.1 Å². The van der Waals surface area contributed by atoms with Gasteiger partial charge in [0.2, 0.25) is 0 Å². The number of aliphatic hydroxyl groups is 1. The second-order valence-corrected chi connectivity index (χ2v) is 6.65. The highest BCUT2D eigenvalue weighted by molar-refractivity contribution is 5.30. The Kier molecular flexibility index (Phi) is 7.99. The van der Waals surface area contributed by atoms with Crippen LogP contribution in [0.15, 0.2) is 24.3 Å². The van der Waals surface area contributed by atoms with Gasteiger partial charge in [-0.15, -0.1) is 0 Å². The van der Waals surface area contributed by atoms with E-state index < -0.39 is 0 Å². The number of hydrogen-bond acceptors (Lipinski definition) is 5. The maximum Gasteiger partial charge on any atom is 0.115 e. The van der Waals surface area contributed by atoms with E-state index in [4.69, 9.17) is 14.6 Å². The van der Waals surface area contributed by atoms with Crippen LogP contribution in [0.2, 0.25) is 0 Å². The third kappa shape index (κ3) is 5.45. The van der Waals surface area contributed by atoms with Gasteiger partial charge in [0.05, 0.1) is 33.0 Å². The first-order valence-electron chi connectivity index (χ1n) is 8.92. The molecule has 0 aliphatic carbocycles. The highest BCUT2D eigenvalue weighted by Gasteiger charge is 2.33. The normalized spacial score (nSPS) is 25.0. The second-order valence-electron chi connectivity index (χ2n) is 6.65. The number of aliphatic hydroxyl groups excluding tert-OH is 1. The molecule has 0 saturated carbocycles. The molecular formula is C19H31NO4. The van der Waals surface area contributed by atoms with Crippen molar-refractivity contribution >= 4 is 0 Å². The molecule has 1 aliphatic heterocycles. The molecule has 1 unspecified atom stereocenters. The van der Waals surface area contributed by atoms with Gasteiger partial charge >= 0.3 is 0 Å². The molecule has 5 heteroatoms. The van der Waals surface area contributed by atoms with E-state index in [0.29, 0.717) is 50.1 Å². The number of ether oxygens (including phenoxy) is 2. The highest BCUT2D eigenvalue weighted by Crippen LogP contribution is 2.39. The van der Waals surface area contributed by atoms with Crippen molar-refractivity contribution in [3.8, 4) is 5.75 Å². The molecule has 136 valence electrons. The van der Waals surface area contributed by atoms with E-state index in [2.05, 4.69) is 24.8 Å². The predicted molar refractivity (Wildman–Crippen MR) is 94.1 cm³/mol. The number of phenolic OH excluding ortho intramolecular Hbond substituents is 1. The molecule has 0 amide bonds. The van der Waals surface area contributed by atoms with Crippen molar-refractivity contribution in [3.63, 3.8) is 0 Å². The summed E-state index contributed by atoms with van der Waals surface area (Å²) in [6, 6.07) is 7.95. The van der Waals surface area contributed by atoms with E-state index in [-0.39, 0.29) is 6.61 Å². The van der Waals surface area contributed by atoms with E-state index >= 15 is 0 Å². The molecule has 2 rings (SSSR count). The Bertz CT molecular complexity index is 482. The minimum Gasteiger partial charge on any atom is -0.508 e. The van der Waals surface area contributed by atoms with E-state index in [9.17, 15) is 5.11 Å². The summed E-state index contributed by atoms with van der Waals surface area (Å²) in [5, 5.41) is 18.5. The molecule has 1 aromatic carbocycles. The number of nitrogens with zero attached hydrogens (tertiary/aromatic N) is 1. The Morgan fingerprint density at radius 2 is 1.88 bits per heavy atom. The van der Waals surface area contributed by atoms with Crippen molar-refractivity contribution in [3.05, 3.63) is 29.8 Å². The number of likely N-dealkylation sites (tertiary alicyclic amines) is 1. The molecule has 1 heterocycles. The van der Waals surface area contributed by atoms with Crippen LogP contribution in [-0.4, -0.2) is 61.2 Å². The predicted octanol–water partition coefficient (Wildman–Crippen LogP) is 2.44. The van der Waals surface area contributed by atoms with Crippen LogP contribution in [0.1, 0.15) is 31.9 Å². The summed E-state index contributed by atoms with van der Waals surface area (Å²) in [6.07, 6.45) is 1.19. The highest BCUT2D eigenvalue weighted by atomic mass is 16.5. The maximum absolute atomic E-state index is 9.82. The van der Waals surface area contributed by atoms with Gasteiger partial charge < -0.3 is 19.7 Å². The lowest BCUT2D eigenvalue weighted by atomic mass is 9.79.